The van der Waals surface area contributed by atoms with Crippen molar-refractivity contribution in [2.75, 3.05) is 26.3 Å². The SMILES string of the molecule is CC(C)(C)OC(=O)N1C[C@@H](COCc2ccccc2)OC[C@H](O[Si](C)(C)C(C)(C)C)C1. The van der Waals surface area contributed by atoms with Crippen LogP contribution < -0.4 is 0 Å². The van der Waals surface area contributed by atoms with Crippen molar-refractivity contribution in [1.82, 2.24) is 4.90 Å². The molecule has 0 spiro atoms. The summed E-state index contributed by atoms with van der Waals surface area (Å²) in [6.07, 6.45) is -0.758. The maximum atomic E-state index is 12.9. The molecule has 0 saturated carbocycles. The molecule has 0 bridgehead atoms. The number of benzene rings is 1. The van der Waals surface area contributed by atoms with Crippen LogP contribution in [-0.2, 0) is 25.2 Å². The van der Waals surface area contributed by atoms with Gasteiger partial charge in [0.05, 0.1) is 45.1 Å². The van der Waals surface area contributed by atoms with Crippen LogP contribution in [0, 0.1) is 0 Å². The van der Waals surface area contributed by atoms with Crippen molar-refractivity contribution >= 4 is 14.4 Å². The summed E-state index contributed by atoms with van der Waals surface area (Å²) >= 11 is 0. The van der Waals surface area contributed by atoms with E-state index < -0.39 is 13.9 Å². The zero-order chi connectivity index (χ0) is 23.3. The minimum Gasteiger partial charge on any atom is -0.444 e. The lowest BCUT2D eigenvalue weighted by Crippen LogP contribution is -2.49. The van der Waals surface area contributed by atoms with Gasteiger partial charge in [0.15, 0.2) is 8.32 Å². The third kappa shape index (κ3) is 8.56. The van der Waals surface area contributed by atoms with Crippen LogP contribution in [0.1, 0.15) is 47.1 Å². The molecule has 2 atom stereocenters. The molecule has 1 amide bonds. The lowest BCUT2D eigenvalue weighted by atomic mass is 10.2. The fourth-order valence-corrected chi connectivity index (χ4v) is 4.37. The van der Waals surface area contributed by atoms with Crippen LogP contribution in [0.25, 0.3) is 0 Å². The molecule has 176 valence electrons. The summed E-state index contributed by atoms with van der Waals surface area (Å²) in [7, 11) is -2.01. The van der Waals surface area contributed by atoms with Crippen LogP contribution in [0.5, 0.6) is 0 Å². The van der Waals surface area contributed by atoms with Crippen LogP contribution in [0.4, 0.5) is 4.79 Å². The van der Waals surface area contributed by atoms with Crippen molar-refractivity contribution < 1.29 is 23.4 Å². The Morgan fingerprint density at radius 3 is 2.32 bits per heavy atom. The molecule has 7 heteroatoms. The van der Waals surface area contributed by atoms with Gasteiger partial charge in [-0.25, -0.2) is 4.79 Å². The molecule has 0 radical (unpaired) electrons. The zero-order valence-corrected chi connectivity index (χ0v) is 21.6. The van der Waals surface area contributed by atoms with Crippen LogP contribution >= 0.6 is 0 Å². The highest BCUT2D eigenvalue weighted by atomic mass is 28.4. The average molecular weight is 452 g/mol. The van der Waals surface area contributed by atoms with E-state index in [4.69, 9.17) is 18.6 Å². The van der Waals surface area contributed by atoms with Crippen molar-refractivity contribution in [2.45, 2.75) is 84.1 Å². The minimum absolute atomic E-state index is 0.0776. The first-order chi connectivity index (χ1) is 14.3. The van der Waals surface area contributed by atoms with Crippen molar-refractivity contribution in [3.8, 4) is 0 Å². The van der Waals surface area contributed by atoms with Crippen molar-refractivity contribution in [3.63, 3.8) is 0 Å². The second-order valence-corrected chi connectivity index (χ2v) is 15.6. The van der Waals surface area contributed by atoms with Gasteiger partial charge in [-0.15, -0.1) is 0 Å². The van der Waals surface area contributed by atoms with Crippen molar-refractivity contribution in [1.29, 1.82) is 0 Å². The molecule has 0 aromatic heterocycles. The molecular formula is C24H41NO5Si. The number of amides is 1. The van der Waals surface area contributed by atoms with E-state index in [-0.39, 0.29) is 23.3 Å². The maximum Gasteiger partial charge on any atom is 0.410 e. The highest BCUT2D eigenvalue weighted by Gasteiger charge is 2.41. The number of nitrogens with zero attached hydrogens (tertiary/aromatic N) is 1. The van der Waals surface area contributed by atoms with Gasteiger partial charge in [-0.3, -0.25) is 0 Å². The Hall–Kier alpha value is -1.41. The molecule has 1 aliphatic heterocycles. The predicted octanol–water partition coefficient (Wildman–Crippen LogP) is 5.23. The van der Waals surface area contributed by atoms with E-state index in [1.54, 1.807) is 4.90 Å². The number of carbonyl (C=O) groups is 1. The Bertz CT molecular complexity index is 696. The minimum atomic E-state index is -2.01. The standard InChI is InChI=1S/C24H41NO5Si/c1-23(2,3)29-22(26)25-14-20(17-27-16-19-12-10-9-11-13-19)28-18-21(15-25)30-31(7,8)24(4,5)6/h9-13,20-21H,14-18H2,1-8H3/t20-,21+/m0/s1. The number of rotatable bonds is 6. The molecule has 0 unspecified atom stereocenters. The molecule has 31 heavy (non-hydrogen) atoms. The Labute approximate surface area is 189 Å². The van der Waals surface area contributed by atoms with Crippen molar-refractivity contribution in [3.05, 3.63) is 35.9 Å². The average Bonchev–Trinajstić information content (AvgIpc) is 2.82. The first-order valence-electron chi connectivity index (χ1n) is 11.2. The highest BCUT2D eigenvalue weighted by molar-refractivity contribution is 6.74. The molecule has 2 rings (SSSR count). The summed E-state index contributed by atoms with van der Waals surface area (Å²) in [5, 5.41) is 0.0776. The highest BCUT2D eigenvalue weighted by Crippen LogP contribution is 2.37. The molecule has 6 nitrogen and oxygen atoms in total. The smallest absolute Gasteiger partial charge is 0.410 e. The van der Waals surface area contributed by atoms with E-state index in [2.05, 4.69) is 33.9 Å². The van der Waals surface area contributed by atoms with Gasteiger partial charge in [-0.05, 0) is 44.5 Å². The van der Waals surface area contributed by atoms with Crippen LogP contribution in [0.15, 0.2) is 30.3 Å². The monoisotopic (exact) mass is 451 g/mol. The topological polar surface area (TPSA) is 57.2 Å². The summed E-state index contributed by atoms with van der Waals surface area (Å²) in [6.45, 7) is 18.9. The van der Waals surface area contributed by atoms with E-state index in [9.17, 15) is 4.79 Å². The van der Waals surface area contributed by atoms with E-state index >= 15 is 0 Å². The summed E-state index contributed by atoms with van der Waals surface area (Å²) in [5.41, 5.74) is 0.554. The second-order valence-electron chi connectivity index (χ2n) is 10.8. The van der Waals surface area contributed by atoms with Gasteiger partial charge in [0.1, 0.15) is 5.60 Å². The molecular weight excluding hydrogens is 410 g/mol. The molecule has 1 aromatic rings. The van der Waals surface area contributed by atoms with E-state index in [0.29, 0.717) is 32.9 Å². The van der Waals surface area contributed by atoms with Gasteiger partial charge in [-0.2, -0.15) is 0 Å². The quantitative estimate of drug-likeness (QED) is 0.554. The van der Waals surface area contributed by atoms with Gasteiger partial charge in [0.25, 0.3) is 0 Å². The first-order valence-corrected chi connectivity index (χ1v) is 14.1. The normalized spacial score (nSPS) is 21.0. The summed E-state index contributed by atoms with van der Waals surface area (Å²) in [6, 6.07) is 10.0. The fraction of sp³-hybridized carbons (Fsp3) is 0.708. The summed E-state index contributed by atoms with van der Waals surface area (Å²) in [4.78, 5) is 14.6. The molecule has 0 aliphatic carbocycles. The van der Waals surface area contributed by atoms with Crippen LogP contribution in [0.3, 0.4) is 0 Å². The van der Waals surface area contributed by atoms with Gasteiger partial charge >= 0.3 is 6.09 Å². The molecule has 1 saturated heterocycles. The number of hydrogen-bond acceptors (Lipinski definition) is 5. The Kier molecular flexibility index (Phi) is 8.73. The second kappa shape index (κ2) is 10.5. The Morgan fingerprint density at radius 1 is 1.10 bits per heavy atom. The van der Waals surface area contributed by atoms with Crippen LogP contribution in [-0.4, -0.2) is 63.4 Å². The molecule has 0 N–H and O–H groups in total. The summed E-state index contributed by atoms with van der Waals surface area (Å²) < 4.78 is 24.3. The van der Waals surface area contributed by atoms with Gasteiger partial charge in [-0.1, -0.05) is 51.1 Å². The fourth-order valence-electron chi connectivity index (χ4n) is 3.04. The van der Waals surface area contributed by atoms with Crippen LogP contribution in [0.2, 0.25) is 18.1 Å². The largest absolute Gasteiger partial charge is 0.444 e. The Balaban J connectivity index is 2.06. The number of ether oxygens (including phenoxy) is 3. The van der Waals surface area contributed by atoms with Gasteiger partial charge in [0.2, 0.25) is 0 Å². The number of hydrogen-bond donors (Lipinski definition) is 0. The van der Waals surface area contributed by atoms with Crippen molar-refractivity contribution in [2.24, 2.45) is 0 Å². The third-order valence-electron chi connectivity index (χ3n) is 5.70. The molecule has 1 aromatic carbocycles. The third-order valence-corrected chi connectivity index (χ3v) is 10.2. The molecule has 1 fully saturated rings. The lowest BCUT2D eigenvalue weighted by molar-refractivity contribution is -0.0366. The molecule has 1 heterocycles. The maximum absolute atomic E-state index is 12.9. The number of carbonyl (C=O) groups excluding carboxylic acids is 1. The van der Waals surface area contributed by atoms with E-state index in [1.165, 1.54) is 0 Å². The summed E-state index contributed by atoms with van der Waals surface area (Å²) in [5.74, 6) is 0. The zero-order valence-electron chi connectivity index (χ0n) is 20.6. The van der Waals surface area contributed by atoms with E-state index in [1.807, 2.05) is 51.1 Å². The lowest BCUT2D eigenvalue weighted by Gasteiger charge is -2.39. The first kappa shape index (κ1) is 25.8. The molecule has 1 aliphatic rings. The Morgan fingerprint density at radius 2 is 1.74 bits per heavy atom. The van der Waals surface area contributed by atoms with E-state index in [0.717, 1.165) is 5.56 Å². The van der Waals surface area contributed by atoms with Gasteiger partial charge < -0.3 is 23.5 Å². The predicted molar refractivity (Wildman–Crippen MR) is 126 cm³/mol. The van der Waals surface area contributed by atoms with Gasteiger partial charge in [0, 0.05) is 0 Å².